The number of nitrogens with zero attached hydrogens (tertiary/aromatic N) is 1. The highest BCUT2D eigenvalue weighted by molar-refractivity contribution is 8.04. The summed E-state index contributed by atoms with van der Waals surface area (Å²) in [6.07, 6.45) is 1.41. The molecule has 21 heavy (non-hydrogen) atoms. The first-order valence-corrected chi connectivity index (χ1v) is 7.09. The zero-order valence-corrected chi connectivity index (χ0v) is 11.2. The van der Waals surface area contributed by atoms with E-state index in [2.05, 4.69) is 15.6 Å². The topological polar surface area (TPSA) is 105 Å². The van der Waals surface area contributed by atoms with E-state index in [0.717, 1.165) is 11.8 Å². The molecule has 0 radical (unpaired) electrons. The molecule has 1 saturated heterocycles. The fourth-order valence-corrected chi connectivity index (χ4v) is 4.13. The Morgan fingerprint density at radius 1 is 1.19 bits per heavy atom. The van der Waals surface area contributed by atoms with Gasteiger partial charge in [0, 0.05) is 11.9 Å². The Labute approximate surface area is 122 Å². The van der Waals surface area contributed by atoms with Crippen molar-refractivity contribution < 1.29 is 19.2 Å². The van der Waals surface area contributed by atoms with Gasteiger partial charge in [0.15, 0.2) is 5.54 Å². The Morgan fingerprint density at radius 2 is 2.00 bits per heavy atom. The van der Waals surface area contributed by atoms with Crippen molar-refractivity contribution in [1.82, 2.24) is 15.6 Å². The number of pyridine rings is 1. The molecule has 0 saturated carbocycles. The van der Waals surface area contributed by atoms with Gasteiger partial charge in [-0.25, -0.2) is 4.79 Å². The van der Waals surface area contributed by atoms with Crippen molar-refractivity contribution in [2.45, 2.75) is 5.54 Å². The summed E-state index contributed by atoms with van der Waals surface area (Å²) in [5, 5.41) is 4.60. The molecule has 1 aromatic rings. The molecule has 1 aromatic heterocycles. The van der Waals surface area contributed by atoms with Crippen LogP contribution in [0.15, 0.2) is 28.8 Å². The number of allylic oxidation sites excluding steroid dienone is 1. The molecule has 104 valence electrons. The van der Waals surface area contributed by atoms with Crippen LogP contribution in [0.25, 0.3) is 0 Å². The summed E-state index contributed by atoms with van der Waals surface area (Å²) in [5.41, 5.74) is -1.17. The van der Waals surface area contributed by atoms with Gasteiger partial charge in [-0.2, -0.15) is 0 Å². The average molecular weight is 301 g/mol. The quantitative estimate of drug-likeness (QED) is 0.655. The third kappa shape index (κ3) is 1.37. The van der Waals surface area contributed by atoms with Crippen molar-refractivity contribution in [2.24, 2.45) is 0 Å². The zero-order valence-electron chi connectivity index (χ0n) is 10.4. The molecule has 0 unspecified atom stereocenters. The van der Waals surface area contributed by atoms with E-state index in [1.807, 2.05) is 0 Å². The summed E-state index contributed by atoms with van der Waals surface area (Å²) in [4.78, 5) is 52.8. The number of aromatic nitrogens is 1. The lowest BCUT2D eigenvalue weighted by Gasteiger charge is -2.24. The summed E-state index contributed by atoms with van der Waals surface area (Å²) < 4.78 is 0. The van der Waals surface area contributed by atoms with Gasteiger partial charge in [0.1, 0.15) is 5.69 Å². The Bertz CT molecular complexity index is 800. The SMILES string of the molecule is O=C1NC(=O)[C@@]2(CSC3=C2C(=O)c2ncccc2C3=O)N1. The molecule has 3 aliphatic rings. The van der Waals surface area contributed by atoms with Crippen molar-refractivity contribution in [1.29, 1.82) is 0 Å². The van der Waals surface area contributed by atoms with E-state index in [0.29, 0.717) is 0 Å². The first-order chi connectivity index (χ1) is 10.0. The van der Waals surface area contributed by atoms with Gasteiger partial charge in [0.25, 0.3) is 5.91 Å². The molecule has 3 heterocycles. The van der Waals surface area contributed by atoms with Gasteiger partial charge in [-0.3, -0.25) is 24.7 Å². The molecular weight excluding hydrogens is 294 g/mol. The van der Waals surface area contributed by atoms with Gasteiger partial charge < -0.3 is 5.32 Å². The summed E-state index contributed by atoms with van der Waals surface area (Å²) in [6.45, 7) is 0. The van der Waals surface area contributed by atoms with Crippen LogP contribution in [0.5, 0.6) is 0 Å². The molecule has 1 aliphatic carbocycles. The lowest BCUT2D eigenvalue weighted by atomic mass is 9.82. The molecule has 8 heteroatoms. The highest BCUT2D eigenvalue weighted by atomic mass is 32.2. The standard InChI is InChI=1S/C13H7N3O4S/c17-8-5-2-1-3-14-7(5)9(18)6-10(8)21-4-13(6)11(19)15-12(20)16-13/h1-3H,4H2,(H2,15,16,19,20)/t13-/m0/s1. The third-order valence-electron chi connectivity index (χ3n) is 3.73. The van der Waals surface area contributed by atoms with Crippen molar-refractivity contribution in [3.05, 3.63) is 40.1 Å². The monoisotopic (exact) mass is 301 g/mol. The highest BCUT2D eigenvalue weighted by Crippen LogP contribution is 2.46. The van der Waals surface area contributed by atoms with Crippen LogP contribution in [-0.2, 0) is 4.79 Å². The van der Waals surface area contributed by atoms with Crippen LogP contribution < -0.4 is 10.6 Å². The largest absolute Gasteiger partial charge is 0.322 e. The number of nitrogens with one attached hydrogen (secondary N) is 2. The Morgan fingerprint density at radius 3 is 2.71 bits per heavy atom. The minimum atomic E-state index is -1.46. The number of ketones is 2. The molecule has 2 N–H and O–H groups in total. The smallest absolute Gasteiger partial charge is 0.319 e. The minimum absolute atomic E-state index is 0.0251. The number of Topliss-reactive ketones (excluding diaryl/α,β-unsaturated/α-hetero) is 2. The third-order valence-corrected chi connectivity index (χ3v) is 4.98. The number of carbonyl (C=O) groups is 4. The maximum atomic E-state index is 12.6. The van der Waals surface area contributed by atoms with Crippen LogP contribution in [0.3, 0.4) is 0 Å². The number of carbonyl (C=O) groups excluding carboxylic acids is 4. The molecule has 1 spiro atoms. The van der Waals surface area contributed by atoms with Gasteiger partial charge in [0.05, 0.1) is 16.0 Å². The molecule has 1 atom stereocenters. The van der Waals surface area contributed by atoms with E-state index < -0.39 is 23.3 Å². The van der Waals surface area contributed by atoms with Crippen LogP contribution in [0, 0.1) is 0 Å². The number of thioether (sulfide) groups is 1. The maximum absolute atomic E-state index is 12.6. The van der Waals surface area contributed by atoms with E-state index in [1.165, 1.54) is 12.3 Å². The van der Waals surface area contributed by atoms with E-state index in [9.17, 15) is 19.2 Å². The molecular formula is C13H7N3O4S. The van der Waals surface area contributed by atoms with Crippen LogP contribution in [0.2, 0.25) is 0 Å². The summed E-state index contributed by atoms with van der Waals surface area (Å²) in [7, 11) is 0. The summed E-state index contributed by atoms with van der Waals surface area (Å²) in [6, 6.07) is 2.45. The number of fused-ring (bicyclic) bond motifs is 2. The fraction of sp³-hybridized carbons (Fsp3) is 0.154. The highest BCUT2D eigenvalue weighted by Gasteiger charge is 2.58. The van der Waals surface area contributed by atoms with Gasteiger partial charge >= 0.3 is 6.03 Å². The predicted molar refractivity (Wildman–Crippen MR) is 71.8 cm³/mol. The van der Waals surface area contributed by atoms with Crippen molar-refractivity contribution in [3.63, 3.8) is 0 Å². The molecule has 4 rings (SSSR count). The minimum Gasteiger partial charge on any atom is -0.319 e. The van der Waals surface area contributed by atoms with Gasteiger partial charge in [-0.15, -0.1) is 11.8 Å². The van der Waals surface area contributed by atoms with E-state index in [1.54, 1.807) is 6.07 Å². The average Bonchev–Trinajstić information content (AvgIpc) is 2.98. The van der Waals surface area contributed by atoms with Crippen LogP contribution in [0.4, 0.5) is 4.79 Å². The van der Waals surface area contributed by atoms with Crippen molar-refractivity contribution in [3.8, 4) is 0 Å². The zero-order chi connectivity index (χ0) is 14.8. The molecule has 0 bridgehead atoms. The second kappa shape index (κ2) is 3.79. The van der Waals surface area contributed by atoms with E-state index in [4.69, 9.17) is 0 Å². The first-order valence-electron chi connectivity index (χ1n) is 6.10. The Kier molecular flexibility index (Phi) is 2.22. The number of hydrogen-bond donors (Lipinski definition) is 2. The van der Waals surface area contributed by atoms with E-state index in [-0.39, 0.29) is 33.3 Å². The number of urea groups is 1. The second-order valence-corrected chi connectivity index (χ2v) is 5.85. The van der Waals surface area contributed by atoms with Gasteiger partial charge in [-0.05, 0) is 12.1 Å². The summed E-state index contributed by atoms with van der Waals surface area (Å²) in [5.74, 6) is -1.29. The Balaban J connectivity index is 1.95. The van der Waals surface area contributed by atoms with Crippen LogP contribution in [0.1, 0.15) is 20.8 Å². The number of hydrogen-bond acceptors (Lipinski definition) is 6. The van der Waals surface area contributed by atoms with Gasteiger partial charge in [0.2, 0.25) is 11.6 Å². The maximum Gasteiger partial charge on any atom is 0.322 e. The fourth-order valence-electron chi connectivity index (χ4n) is 2.77. The molecule has 0 aromatic carbocycles. The normalized spacial score (nSPS) is 26.9. The number of rotatable bonds is 0. The molecule has 2 aliphatic heterocycles. The van der Waals surface area contributed by atoms with Crippen molar-refractivity contribution in [2.75, 3.05) is 5.75 Å². The predicted octanol–water partition coefficient (Wildman–Crippen LogP) is 0.0397. The number of imide groups is 1. The number of amides is 3. The molecule has 3 amide bonds. The van der Waals surface area contributed by atoms with Gasteiger partial charge in [-0.1, -0.05) is 0 Å². The Hall–Kier alpha value is -2.48. The lowest BCUT2D eigenvalue weighted by molar-refractivity contribution is -0.122. The molecule has 1 fully saturated rings. The van der Waals surface area contributed by atoms with Crippen LogP contribution >= 0.6 is 11.8 Å². The molecule has 7 nitrogen and oxygen atoms in total. The summed E-state index contributed by atoms with van der Waals surface area (Å²) >= 11 is 1.11. The van der Waals surface area contributed by atoms with Crippen LogP contribution in [-0.4, -0.2) is 39.8 Å². The second-order valence-electron chi connectivity index (χ2n) is 4.86. The van der Waals surface area contributed by atoms with Crippen molar-refractivity contribution >= 4 is 35.3 Å². The lowest BCUT2D eigenvalue weighted by Crippen LogP contribution is -2.51. The first kappa shape index (κ1) is 12.3. The van der Waals surface area contributed by atoms with E-state index >= 15 is 0 Å².